The summed E-state index contributed by atoms with van der Waals surface area (Å²) in [6, 6.07) is 17.2. The Hall–Kier alpha value is -1.16. The summed E-state index contributed by atoms with van der Waals surface area (Å²) in [6.07, 6.45) is 0.608. The predicted octanol–water partition coefficient (Wildman–Crippen LogP) is 3.68. The van der Waals surface area contributed by atoms with Gasteiger partial charge in [0, 0.05) is 17.1 Å². The molecular weight excluding hydrogens is 282 g/mol. The predicted molar refractivity (Wildman–Crippen MR) is 72.6 cm³/mol. The molecule has 0 aliphatic carbocycles. The van der Waals surface area contributed by atoms with Crippen molar-refractivity contribution in [2.45, 2.75) is 19.4 Å². The van der Waals surface area contributed by atoms with Crippen molar-refractivity contribution in [2.75, 3.05) is 0 Å². The van der Waals surface area contributed by atoms with Gasteiger partial charge >= 0.3 is 0 Å². The maximum atomic E-state index is 8.91. The van der Waals surface area contributed by atoms with Gasteiger partial charge in [-0.3, -0.25) is 10.4 Å². The van der Waals surface area contributed by atoms with E-state index in [1.165, 1.54) is 0 Å². The molecule has 2 N–H and O–H groups in total. The summed E-state index contributed by atoms with van der Waals surface area (Å²) in [6.45, 7) is 5.70. The minimum Gasteiger partial charge on any atom is -0.748 e. The van der Waals surface area contributed by atoms with Crippen LogP contribution in [0.2, 0.25) is 0 Å². The van der Waals surface area contributed by atoms with Crippen LogP contribution in [0.1, 0.15) is 18.9 Å². The quantitative estimate of drug-likeness (QED) is 0.514. The van der Waals surface area contributed by atoms with Crippen molar-refractivity contribution in [3.05, 3.63) is 66.7 Å². The van der Waals surface area contributed by atoms with Crippen LogP contribution in [-0.4, -0.2) is 21.7 Å². The number of nitrogens with zero attached hydrogens (tertiary/aromatic N) is 1. The second-order valence-electron chi connectivity index (χ2n) is 3.91. The van der Waals surface area contributed by atoms with E-state index >= 15 is 0 Å². The van der Waals surface area contributed by atoms with Crippen LogP contribution >= 0.6 is 0 Å². The summed E-state index contributed by atoms with van der Waals surface area (Å²) in [7, 11) is 0. The van der Waals surface area contributed by atoms with E-state index in [-0.39, 0.29) is 22.3 Å². The molecule has 2 rings (SSSR count). The van der Waals surface area contributed by atoms with Gasteiger partial charge in [0.1, 0.15) is 0 Å². The van der Waals surface area contributed by atoms with Gasteiger partial charge in [0.05, 0.1) is 6.04 Å². The van der Waals surface area contributed by atoms with E-state index in [0.717, 1.165) is 11.1 Å². The van der Waals surface area contributed by atoms with E-state index in [1.54, 1.807) is 0 Å². The van der Waals surface area contributed by atoms with Gasteiger partial charge in [0.15, 0.2) is 0 Å². The molecule has 0 amide bonds. The van der Waals surface area contributed by atoms with Crippen LogP contribution in [0.5, 0.6) is 0 Å². The van der Waals surface area contributed by atoms with Crippen molar-refractivity contribution < 1.29 is 27.5 Å². The van der Waals surface area contributed by atoms with Crippen molar-refractivity contribution in [3.8, 4) is 0 Å². The molecule has 0 fully saturated rings. The monoisotopic (exact) mass is 301 g/mol. The maximum Gasteiger partial charge on any atom is 0.0704 e. The Bertz CT molecular complexity index is 404. The van der Waals surface area contributed by atoms with Crippen LogP contribution in [0.3, 0.4) is 0 Å². The number of hydroxylamine groups is 2. The van der Waals surface area contributed by atoms with E-state index in [9.17, 15) is 0 Å². The summed E-state index contributed by atoms with van der Waals surface area (Å²) >= 11 is 0. The Balaban J connectivity index is 0.000000454. The molecule has 0 aromatic heterocycles. The fraction of sp³-hybridized carbons (Fsp3) is 0.200. The van der Waals surface area contributed by atoms with E-state index in [1.807, 2.05) is 61.5 Å². The fourth-order valence-corrected chi connectivity index (χ4v) is 1.65. The number of rotatable bonds is 4. The van der Waals surface area contributed by atoms with Crippen LogP contribution in [0.15, 0.2) is 61.2 Å². The largest absolute Gasteiger partial charge is 0.748 e. The van der Waals surface area contributed by atoms with Gasteiger partial charge in [-0.2, -0.15) is 18.7 Å². The molecule has 4 heteroatoms. The minimum atomic E-state index is -0.428. The molecule has 3 nitrogen and oxygen atoms in total. The summed E-state index contributed by atoms with van der Waals surface area (Å²) < 4.78 is 0. The molecule has 0 aliphatic heterocycles. The minimum absolute atomic E-state index is 0. The molecule has 19 heavy (non-hydrogen) atoms. The summed E-state index contributed by atoms with van der Waals surface area (Å²) in [4.78, 5) is 0. The van der Waals surface area contributed by atoms with Crippen LogP contribution in [0.4, 0.5) is 0 Å². The molecule has 2 aromatic rings. The van der Waals surface area contributed by atoms with Crippen molar-refractivity contribution in [2.24, 2.45) is 0 Å². The zero-order chi connectivity index (χ0) is 13.4. The standard InChI is InChI=1S/C10H14NO2.C5H5.Fe/c1-3-10(11(12)13)8(2)9-6-4-5-7-9;1-2-4-5-3-1;/h4-7,10,12-13H,2-3H2,1H3;1-5H;/q-1;-5;. The Morgan fingerprint density at radius 2 is 1.58 bits per heavy atom. The molecule has 2 aromatic carbocycles. The Morgan fingerprint density at radius 1 is 1.16 bits per heavy atom. The molecule has 0 radical (unpaired) electrons. The van der Waals surface area contributed by atoms with Gasteiger partial charge in [-0.1, -0.05) is 12.2 Å². The second-order valence-corrected chi connectivity index (χ2v) is 3.91. The molecule has 0 heterocycles. The third-order valence-electron chi connectivity index (χ3n) is 2.66. The third-order valence-corrected chi connectivity index (χ3v) is 2.66. The first-order valence-electron chi connectivity index (χ1n) is 5.91. The summed E-state index contributed by atoms with van der Waals surface area (Å²) in [5.74, 6) is 0. The van der Waals surface area contributed by atoms with Gasteiger partial charge in [-0.25, -0.2) is 0 Å². The molecule has 0 saturated carbocycles. The average molecular weight is 301 g/mol. The van der Waals surface area contributed by atoms with E-state index in [4.69, 9.17) is 10.4 Å². The van der Waals surface area contributed by atoms with Gasteiger partial charge in [0.25, 0.3) is 0 Å². The molecule has 1 unspecified atom stereocenters. The maximum absolute atomic E-state index is 8.91. The first-order chi connectivity index (χ1) is 8.66. The Kier molecular flexibility index (Phi) is 9.13. The van der Waals surface area contributed by atoms with Crippen molar-refractivity contribution in [1.29, 1.82) is 0 Å². The molecule has 0 spiro atoms. The van der Waals surface area contributed by atoms with Crippen molar-refractivity contribution in [1.82, 2.24) is 5.23 Å². The van der Waals surface area contributed by atoms with Crippen LogP contribution in [-0.2, 0) is 17.1 Å². The van der Waals surface area contributed by atoms with E-state index in [2.05, 4.69) is 6.58 Å². The summed E-state index contributed by atoms with van der Waals surface area (Å²) in [5, 5.41) is 18.0. The normalized spacial score (nSPS) is 11.2. The molecule has 0 aliphatic rings. The zero-order valence-corrected chi connectivity index (χ0v) is 12.0. The van der Waals surface area contributed by atoms with Crippen molar-refractivity contribution in [3.63, 3.8) is 0 Å². The molecule has 0 saturated heterocycles. The van der Waals surface area contributed by atoms with Crippen LogP contribution in [0.25, 0.3) is 5.57 Å². The van der Waals surface area contributed by atoms with Gasteiger partial charge in [0.2, 0.25) is 0 Å². The average Bonchev–Trinajstić information content (AvgIpc) is 3.06. The second kappa shape index (κ2) is 9.73. The van der Waals surface area contributed by atoms with Gasteiger partial charge in [-0.15, -0.1) is 23.3 Å². The van der Waals surface area contributed by atoms with Crippen LogP contribution in [0, 0.1) is 0 Å². The molecule has 1 atom stereocenters. The SMILES string of the molecule is C=C([c-]1cccc1)C(CC)N(O)O.[Fe].[cH-]1[cH-][cH-][cH-][cH-]1. The first kappa shape index (κ1) is 17.8. The molecule has 0 bridgehead atoms. The number of hydrogen-bond donors (Lipinski definition) is 2. The zero-order valence-electron chi connectivity index (χ0n) is 10.9. The third kappa shape index (κ3) is 6.01. The number of hydrogen-bond acceptors (Lipinski definition) is 3. The van der Waals surface area contributed by atoms with E-state index < -0.39 is 6.04 Å². The fourth-order valence-electron chi connectivity index (χ4n) is 1.65. The van der Waals surface area contributed by atoms with Crippen LogP contribution < -0.4 is 0 Å². The smallest absolute Gasteiger partial charge is 0.0704 e. The first-order valence-corrected chi connectivity index (χ1v) is 5.91. The van der Waals surface area contributed by atoms with Gasteiger partial charge < -0.3 is 30.3 Å². The Labute approximate surface area is 124 Å². The molecule has 110 valence electrons. The summed E-state index contributed by atoms with van der Waals surface area (Å²) in [5.41, 5.74) is 1.66. The Morgan fingerprint density at radius 3 is 1.89 bits per heavy atom. The van der Waals surface area contributed by atoms with Gasteiger partial charge in [-0.05, 0) is 6.42 Å². The topological polar surface area (TPSA) is 43.7 Å². The van der Waals surface area contributed by atoms with Crippen molar-refractivity contribution >= 4 is 5.57 Å². The molecular formula is C15H19FeNO2-6. The van der Waals surface area contributed by atoms with E-state index in [0.29, 0.717) is 6.42 Å².